The van der Waals surface area contributed by atoms with E-state index in [2.05, 4.69) is 24.0 Å². The van der Waals surface area contributed by atoms with Crippen LogP contribution in [0, 0.1) is 5.41 Å². The number of anilines is 1. The van der Waals surface area contributed by atoms with Crippen molar-refractivity contribution in [3.05, 3.63) is 101 Å². The van der Waals surface area contributed by atoms with Crippen LogP contribution in [0.5, 0.6) is 0 Å². The van der Waals surface area contributed by atoms with E-state index in [-0.39, 0.29) is 5.78 Å². The Bertz CT molecular complexity index is 1110. The average molecular weight is 396 g/mol. The molecule has 0 bridgehead atoms. The number of nitrogens with one attached hydrogen (secondary N) is 1. The van der Waals surface area contributed by atoms with E-state index in [1.54, 1.807) is 6.08 Å². The van der Waals surface area contributed by atoms with Gasteiger partial charge in [0, 0.05) is 29.2 Å². The first-order valence-electron chi connectivity index (χ1n) is 9.87. The fourth-order valence-electron chi connectivity index (χ4n) is 3.39. The smallest absolute Gasteiger partial charge is 0.152 e. The number of nitrogens with zero attached hydrogens (tertiary/aromatic N) is 1. The van der Waals surface area contributed by atoms with Gasteiger partial charge in [0.25, 0.3) is 0 Å². The zero-order valence-electron chi connectivity index (χ0n) is 17.2. The Morgan fingerprint density at radius 3 is 2.37 bits per heavy atom. The van der Waals surface area contributed by atoms with Gasteiger partial charge in [-0.1, -0.05) is 49.4 Å². The number of nitrogens with two attached hydrogens (primary N) is 1. The fraction of sp³-hybridized carbons (Fsp3) is 0.115. The van der Waals surface area contributed by atoms with Crippen LogP contribution in [0.4, 0.5) is 5.69 Å². The maximum absolute atomic E-state index is 11.2. The highest BCUT2D eigenvalue weighted by molar-refractivity contribution is 6.00. The van der Waals surface area contributed by atoms with Crippen LogP contribution < -0.4 is 5.73 Å². The van der Waals surface area contributed by atoms with Gasteiger partial charge in [0.2, 0.25) is 0 Å². The van der Waals surface area contributed by atoms with Gasteiger partial charge in [0.05, 0.1) is 5.69 Å². The summed E-state index contributed by atoms with van der Waals surface area (Å²) in [5.74, 6) is -0.0140. The van der Waals surface area contributed by atoms with Crippen LogP contribution in [-0.2, 0) is 4.79 Å². The van der Waals surface area contributed by atoms with Crippen LogP contribution >= 0.6 is 0 Å². The lowest BCUT2D eigenvalue weighted by Gasteiger charge is -2.17. The number of nitrogen functional groups attached to an aromatic ring is 1. The molecule has 3 rings (SSSR count). The van der Waals surface area contributed by atoms with E-state index in [4.69, 9.17) is 11.1 Å². The molecule has 2 aromatic carbocycles. The van der Waals surface area contributed by atoms with Crippen molar-refractivity contribution in [3.8, 4) is 0 Å². The first-order chi connectivity index (χ1) is 14.5. The molecule has 0 unspecified atom stereocenters. The van der Waals surface area contributed by atoms with Crippen LogP contribution in [0.3, 0.4) is 0 Å². The van der Waals surface area contributed by atoms with Gasteiger partial charge in [0.15, 0.2) is 5.78 Å². The summed E-state index contributed by atoms with van der Waals surface area (Å²) in [6.07, 6.45) is 7.16. The number of rotatable bonds is 7. The number of allylic oxidation sites excluding steroid dienone is 2. The molecule has 1 heterocycles. The topological polar surface area (TPSA) is 79.8 Å². The first kappa shape index (κ1) is 20.9. The van der Waals surface area contributed by atoms with E-state index in [0.717, 1.165) is 34.4 Å². The van der Waals surface area contributed by atoms with Crippen molar-refractivity contribution in [2.24, 2.45) is 0 Å². The van der Waals surface area contributed by atoms with Gasteiger partial charge < -0.3 is 11.1 Å². The fourth-order valence-corrected chi connectivity index (χ4v) is 3.39. The lowest BCUT2D eigenvalue weighted by Crippen LogP contribution is -1.99. The van der Waals surface area contributed by atoms with Gasteiger partial charge in [0.1, 0.15) is 0 Å². The highest BCUT2D eigenvalue weighted by atomic mass is 16.1. The molecule has 0 spiro atoms. The molecule has 0 radical (unpaired) electrons. The van der Waals surface area contributed by atoms with E-state index >= 15 is 0 Å². The summed E-state index contributed by atoms with van der Waals surface area (Å²) in [6.45, 7) is 3.65. The number of pyridine rings is 1. The van der Waals surface area contributed by atoms with E-state index < -0.39 is 0 Å². The minimum atomic E-state index is -0.0140. The van der Waals surface area contributed by atoms with Gasteiger partial charge in [-0.2, -0.15) is 0 Å². The predicted octanol–water partition coefficient (Wildman–Crippen LogP) is 5.63. The molecule has 1 aromatic heterocycles. The molecule has 3 N–H and O–H groups in total. The molecule has 0 saturated carbocycles. The number of hydrogen-bond acceptors (Lipinski definition) is 4. The summed E-state index contributed by atoms with van der Waals surface area (Å²) in [4.78, 5) is 15.7. The molecule has 0 aliphatic carbocycles. The van der Waals surface area contributed by atoms with Crippen molar-refractivity contribution in [2.45, 2.75) is 20.3 Å². The number of ketones is 1. The number of carbonyl (C=O) groups excluding carboxylic acids is 1. The molecule has 0 aliphatic heterocycles. The zero-order valence-corrected chi connectivity index (χ0v) is 17.2. The second kappa shape index (κ2) is 9.61. The summed E-state index contributed by atoms with van der Waals surface area (Å²) < 4.78 is 0. The number of carbonyl (C=O) groups is 1. The van der Waals surface area contributed by atoms with Crippen molar-refractivity contribution >= 4 is 34.9 Å². The molecule has 150 valence electrons. The van der Waals surface area contributed by atoms with Crippen molar-refractivity contribution in [1.29, 1.82) is 5.41 Å². The number of aromatic nitrogens is 1. The number of hydrogen-bond donors (Lipinski definition) is 2. The Labute approximate surface area is 177 Å². The Balaban J connectivity index is 2.21. The maximum atomic E-state index is 11.2. The van der Waals surface area contributed by atoms with Crippen LogP contribution in [0.1, 0.15) is 48.2 Å². The highest BCUT2D eigenvalue weighted by Crippen LogP contribution is 2.35. The monoisotopic (exact) mass is 395 g/mol. The van der Waals surface area contributed by atoms with Crippen molar-refractivity contribution in [3.63, 3.8) is 0 Å². The van der Waals surface area contributed by atoms with E-state index in [0.29, 0.717) is 11.3 Å². The van der Waals surface area contributed by atoms with Crippen LogP contribution in [0.2, 0.25) is 0 Å². The Morgan fingerprint density at radius 1 is 1.03 bits per heavy atom. The van der Waals surface area contributed by atoms with Crippen LogP contribution in [-0.4, -0.2) is 17.0 Å². The SMILES string of the molecule is CC/C(=C(/c1ccc(/C=C/C(C)=O)nc1)c1ccc(N)c(C=N)c1)c1ccccc1. The normalized spacial score (nSPS) is 11.9. The van der Waals surface area contributed by atoms with Gasteiger partial charge in [-0.15, -0.1) is 0 Å². The second-order valence-corrected chi connectivity index (χ2v) is 6.98. The highest BCUT2D eigenvalue weighted by Gasteiger charge is 2.14. The molecule has 4 nitrogen and oxygen atoms in total. The lowest BCUT2D eigenvalue weighted by atomic mass is 9.88. The zero-order chi connectivity index (χ0) is 21.5. The summed E-state index contributed by atoms with van der Waals surface area (Å²) >= 11 is 0. The lowest BCUT2D eigenvalue weighted by molar-refractivity contribution is -0.112. The molecular weight excluding hydrogens is 370 g/mol. The standard InChI is InChI=1S/C26H25N3O/c1-3-24(19-7-5-4-6-8-19)26(20-11-14-25(28)22(15-20)16-27)21-10-13-23(29-17-21)12-9-18(2)30/h4-17,27H,3,28H2,1-2H3/b12-9+,26-24-,27-16?. The quantitative estimate of drug-likeness (QED) is 0.235. The molecule has 0 atom stereocenters. The third-order valence-corrected chi connectivity index (χ3v) is 4.87. The molecule has 0 aliphatic rings. The third-order valence-electron chi connectivity index (χ3n) is 4.87. The Kier molecular flexibility index (Phi) is 6.71. The number of benzene rings is 2. The van der Waals surface area contributed by atoms with Crippen LogP contribution in [0.25, 0.3) is 17.2 Å². The van der Waals surface area contributed by atoms with E-state index in [9.17, 15) is 4.79 Å². The molecule has 30 heavy (non-hydrogen) atoms. The maximum Gasteiger partial charge on any atom is 0.152 e. The molecule has 0 amide bonds. The van der Waals surface area contributed by atoms with Crippen LogP contribution in [0.15, 0.2) is 72.9 Å². The van der Waals surface area contributed by atoms with Gasteiger partial charge >= 0.3 is 0 Å². The predicted molar refractivity (Wildman–Crippen MR) is 125 cm³/mol. The summed E-state index contributed by atoms with van der Waals surface area (Å²) in [5.41, 5.74) is 13.3. The minimum Gasteiger partial charge on any atom is -0.398 e. The minimum absolute atomic E-state index is 0.0140. The average Bonchev–Trinajstić information content (AvgIpc) is 2.77. The van der Waals surface area contributed by atoms with Gasteiger partial charge in [-0.05, 0) is 66.0 Å². The van der Waals surface area contributed by atoms with Crippen molar-refractivity contribution < 1.29 is 4.79 Å². The molecule has 3 aromatic rings. The summed E-state index contributed by atoms with van der Waals surface area (Å²) in [5, 5.41) is 7.68. The first-order valence-corrected chi connectivity index (χ1v) is 9.87. The second-order valence-electron chi connectivity index (χ2n) is 6.98. The Morgan fingerprint density at radius 2 is 1.77 bits per heavy atom. The van der Waals surface area contributed by atoms with Gasteiger partial charge in [-0.3, -0.25) is 9.78 Å². The summed E-state index contributed by atoms with van der Waals surface area (Å²) in [7, 11) is 0. The van der Waals surface area contributed by atoms with E-state index in [1.165, 1.54) is 24.8 Å². The molecular formula is C26H25N3O. The van der Waals surface area contributed by atoms with Crippen molar-refractivity contribution in [1.82, 2.24) is 4.98 Å². The summed E-state index contributed by atoms with van der Waals surface area (Å²) in [6, 6.07) is 20.0. The molecule has 0 saturated heterocycles. The van der Waals surface area contributed by atoms with E-state index in [1.807, 2.05) is 54.7 Å². The Hall–Kier alpha value is -3.79. The largest absolute Gasteiger partial charge is 0.398 e. The van der Waals surface area contributed by atoms with Gasteiger partial charge in [-0.25, -0.2) is 0 Å². The van der Waals surface area contributed by atoms with Crippen molar-refractivity contribution in [2.75, 3.05) is 5.73 Å². The molecule has 0 fully saturated rings. The molecule has 4 heteroatoms. The third kappa shape index (κ3) is 4.78.